The van der Waals surface area contributed by atoms with Crippen molar-refractivity contribution in [1.82, 2.24) is 4.98 Å². The molecule has 0 spiro atoms. The topological polar surface area (TPSA) is 31.4 Å². The lowest BCUT2D eigenvalue weighted by atomic mass is 10.0. The van der Waals surface area contributed by atoms with Crippen LogP contribution in [-0.2, 0) is 15.9 Å². The van der Waals surface area contributed by atoms with E-state index >= 15 is 0 Å². The van der Waals surface area contributed by atoms with E-state index in [0.29, 0.717) is 10.9 Å². The molecule has 5 heteroatoms. The van der Waals surface area contributed by atoms with Crippen LogP contribution in [0.15, 0.2) is 16.7 Å². The largest absolute Gasteiger partial charge is 0.353 e. The molecule has 2 atom stereocenters. The second kappa shape index (κ2) is 8.32. The molecule has 0 radical (unpaired) electrons. The number of nitrogens with zero attached hydrogens (tertiary/aromatic N) is 1. The first-order valence-corrected chi connectivity index (χ1v) is 8.35. The van der Waals surface area contributed by atoms with Crippen LogP contribution in [0.1, 0.15) is 38.3 Å². The van der Waals surface area contributed by atoms with E-state index in [0.717, 1.165) is 49.1 Å². The van der Waals surface area contributed by atoms with Gasteiger partial charge in [0, 0.05) is 23.9 Å². The lowest BCUT2D eigenvalue weighted by Gasteiger charge is -2.23. The van der Waals surface area contributed by atoms with Crippen molar-refractivity contribution in [3.63, 3.8) is 0 Å². The van der Waals surface area contributed by atoms with Crippen molar-refractivity contribution in [2.75, 3.05) is 13.2 Å². The average Bonchev–Trinajstić information content (AvgIpc) is 2.43. The molecule has 0 bridgehead atoms. The molecule has 1 fully saturated rings. The molecule has 0 aliphatic carbocycles. The van der Waals surface area contributed by atoms with Crippen molar-refractivity contribution >= 4 is 27.5 Å². The highest BCUT2D eigenvalue weighted by molar-refractivity contribution is 9.10. The molecule has 2 rings (SSSR count). The van der Waals surface area contributed by atoms with Crippen molar-refractivity contribution in [2.45, 2.75) is 45.3 Å². The van der Waals surface area contributed by atoms with Crippen LogP contribution in [0, 0.1) is 5.92 Å². The Labute approximate surface area is 134 Å². The van der Waals surface area contributed by atoms with Gasteiger partial charge >= 0.3 is 0 Å². The molecule has 3 nitrogen and oxygen atoms in total. The Hall–Kier alpha value is -0.160. The predicted octanol–water partition coefficient (Wildman–Crippen LogP) is 4.61. The molecule has 1 saturated heterocycles. The standard InChI is InChI=1S/C15H21BrClNO2/c1-11(5-7-20-15-4-2-3-6-19-15)8-14-13(16)9-12(17)10-18-14/h9-11,15H,2-8H2,1H3/t11-,15?/m1/s1. The van der Waals surface area contributed by atoms with Gasteiger partial charge in [-0.3, -0.25) is 4.98 Å². The predicted molar refractivity (Wildman–Crippen MR) is 84.0 cm³/mol. The van der Waals surface area contributed by atoms with Crippen molar-refractivity contribution in [3.8, 4) is 0 Å². The number of halogens is 2. The highest BCUT2D eigenvalue weighted by atomic mass is 79.9. The lowest BCUT2D eigenvalue weighted by Crippen LogP contribution is -2.23. The van der Waals surface area contributed by atoms with Gasteiger partial charge in [0.05, 0.1) is 10.7 Å². The molecular weight excluding hydrogens is 342 g/mol. The Kier molecular flexibility index (Phi) is 6.75. The monoisotopic (exact) mass is 361 g/mol. The first kappa shape index (κ1) is 16.2. The molecule has 0 N–H and O–H groups in total. The van der Waals surface area contributed by atoms with Gasteiger partial charge in [0.1, 0.15) is 0 Å². The zero-order chi connectivity index (χ0) is 14.4. The molecule has 0 saturated carbocycles. The minimum atomic E-state index is 0.0105. The van der Waals surface area contributed by atoms with Crippen LogP contribution in [0.2, 0.25) is 5.02 Å². The third kappa shape index (κ3) is 5.32. The Morgan fingerprint density at radius 3 is 3.10 bits per heavy atom. The number of hydrogen-bond donors (Lipinski definition) is 0. The molecule has 1 aromatic rings. The average molecular weight is 363 g/mol. The minimum absolute atomic E-state index is 0.0105. The van der Waals surface area contributed by atoms with Crippen LogP contribution < -0.4 is 0 Å². The summed E-state index contributed by atoms with van der Waals surface area (Å²) in [7, 11) is 0. The van der Waals surface area contributed by atoms with Crippen LogP contribution in [0.25, 0.3) is 0 Å². The van der Waals surface area contributed by atoms with Gasteiger partial charge in [-0.1, -0.05) is 18.5 Å². The van der Waals surface area contributed by atoms with Crippen LogP contribution in [0.3, 0.4) is 0 Å². The molecule has 1 unspecified atom stereocenters. The number of aromatic nitrogens is 1. The van der Waals surface area contributed by atoms with E-state index in [4.69, 9.17) is 21.1 Å². The van der Waals surface area contributed by atoms with E-state index in [-0.39, 0.29) is 6.29 Å². The minimum Gasteiger partial charge on any atom is -0.353 e. The van der Waals surface area contributed by atoms with Crippen molar-refractivity contribution in [1.29, 1.82) is 0 Å². The molecule has 0 aromatic carbocycles. The molecule has 1 aromatic heterocycles. The molecule has 1 aliphatic heterocycles. The van der Waals surface area contributed by atoms with Crippen molar-refractivity contribution in [3.05, 3.63) is 27.5 Å². The maximum atomic E-state index is 5.90. The van der Waals surface area contributed by atoms with Crippen molar-refractivity contribution in [2.24, 2.45) is 5.92 Å². The second-order valence-corrected chi connectivity index (χ2v) is 6.64. The third-order valence-corrected chi connectivity index (χ3v) is 4.37. The van der Waals surface area contributed by atoms with Gasteiger partial charge < -0.3 is 9.47 Å². The summed E-state index contributed by atoms with van der Waals surface area (Å²) in [6.07, 6.45) is 7.04. The lowest BCUT2D eigenvalue weighted by molar-refractivity contribution is -0.163. The first-order chi connectivity index (χ1) is 9.65. The molecule has 0 amide bonds. The maximum Gasteiger partial charge on any atom is 0.157 e. The molecule has 112 valence electrons. The van der Waals surface area contributed by atoms with Crippen LogP contribution >= 0.6 is 27.5 Å². The van der Waals surface area contributed by atoms with E-state index in [9.17, 15) is 0 Å². The van der Waals surface area contributed by atoms with Crippen LogP contribution in [-0.4, -0.2) is 24.5 Å². The van der Waals surface area contributed by atoms with Crippen LogP contribution in [0.5, 0.6) is 0 Å². The maximum absolute atomic E-state index is 5.90. The molecule has 2 heterocycles. The Morgan fingerprint density at radius 2 is 2.40 bits per heavy atom. The van der Waals surface area contributed by atoms with Gasteiger partial charge in [-0.25, -0.2) is 0 Å². The SMILES string of the molecule is C[C@H](CCOC1CCCCO1)Cc1ncc(Cl)cc1Br. The molecule has 20 heavy (non-hydrogen) atoms. The summed E-state index contributed by atoms with van der Waals surface area (Å²) in [5, 5.41) is 0.658. The second-order valence-electron chi connectivity index (χ2n) is 5.35. The summed E-state index contributed by atoms with van der Waals surface area (Å²) < 4.78 is 12.3. The number of hydrogen-bond acceptors (Lipinski definition) is 3. The third-order valence-electron chi connectivity index (χ3n) is 3.48. The fourth-order valence-electron chi connectivity index (χ4n) is 2.27. The Balaban J connectivity index is 1.70. The normalized spacial score (nSPS) is 20.9. The van der Waals surface area contributed by atoms with Gasteiger partial charge in [-0.2, -0.15) is 0 Å². The fraction of sp³-hybridized carbons (Fsp3) is 0.667. The number of pyridine rings is 1. The first-order valence-electron chi connectivity index (χ1n) is 7.18. The van der Waals surface area contributed by atoms with E-state index in [2.05, 4.69) is 27.8 Å². The van der Waals surface area contributed by atoms with Gasteiger partial charge in [-0.05, 0) is 60.0 Å². The smallest absolute Gasteiger partial charge is 0.157 e. The summed E-state index contributed by atoms with van der Waals surface area (Å²) in [4.78, 5) is 4.37. The van der Waals surface area contributed by atoms with Crippen LogP contribution in [0.4, 0.5) is 0 Å². The van der Waals surface area contributed by atoms with Crippen molar-refractivity contribution < 1.29 is 9.47 Å². The number of ether oxygens (including phenoxy) is 2. The number of rotatable bonds is 6. The van der Waals surface area contributed by atoms with E-state index in [1.165, 1.54) is 6.42 Å². The Morgan fingerprint density at radius 1 is 1.55 bits per heavy atom. The molecule has 1 aliphatic rings. The highest BCUT2D eigenvalue weighted by Crippen LogP contribution is 2.23. The van der Waals surface area contributed by atoms with Gasteiger partial charge in [0.25, 0.3) is 0 Å². The summed E-state index contributed by atoms with van der Waals surface area (Å²) in [6, 6.07) is 1.89. The quantitative estimate of drug-likeness (QED) is 0.740. The van der Waals surface area contributed by atoms with E-state index in [1.807, 2.05) is 6.07 Å². The summed E-state index contributed by atoms with van der Waals surface area (Å²) >= 11 is 9.40. The van der Waals surface area contributed by atoms with Gasteiger partial charge in [0.15, 0.2) is 6.29 Å². The summed E-state index contributed by atoms with van der Waals surface area (Å²) in [5.74, 6) is 0.517. The summed E-state index contributed by atoms with van der Waals surface area (Å²) in [5.41, 5.74) is 1.05. The fourth-order valence-corrected chi connectivity index (χ4v) is 3.07. The zero-order valence-corrected chi connectivity index (χ0v) is 14.1. The van der Waals surface area contributed by atoms with E-state index in [1.54, 1.807) is 6.20 Å². The highest BCUT2D eigenvalue weighted by Gasteiger charge is 2.15. The zero-order valence-electron chi connectivity index (χ0n) is 11.8. The molecular formula is C15H21BrClNO2. The Bertz CT molecular complexity index is 424. The van der Waals surface area contributed by atoms with Gasteiger partial charge in [0.2, 0.25) is 0 Å². The van der Waals surface area contributed by atoms with E-state index < -0.39 is 0 Å². The summed E-state index contributed by atoms with van der Waals surface area (Å²) in [6.45, 7) is 3.80. The van der Waals surface area contributed by atoms with Gasteiger partial charge in [-0.15, -0.1) is 0 Å².